The number of aryl methyl sites for hydroxylation is 2. The van der Waals surface area contributed by atoms with Gasteiger partial charge >= 0.3 is 6.03 Å². The average molecular weight is 508 g/mol. The van der Waals surface area contributed by atoms with Crippen molar-refractivity contribution in [3.63, 3.8) is 0 Å². The van der Waals surface area contributed by atoms with E-state index in [1.807, 2.05) is 115 Å². The number of amides is 2. The first-order valence-electron chi connectivity index (χ1n) is 12.2. The van der Waals surface area contributed by atoms with E-state index in [0.29, 0.717) is 11.6 Å². The lowest BCUT2D eigenvalue weighted by molar-refractivity contribution is 0.194. The molecule has 6 nitrogen and oxygen atoms in total. The Kier molecular flexibility index (Phi) is 5.81. The molecule has 1 atom stereocenters. The topological polar surface area (TPSA) is 55.1 Å². The van der Waals surface area contributed by atoms with Gasteiger partial charge in [-0.15, -0.1) is 0 Å². The summed E-state index contributed by atoms with van der Waals surface area (Å²) in [6.45, 7) is 4.38. The van der Waals surface area contributed by atoms with Crippen molar-refractivity contribution in [2.45, 2.75) is 26.4 Å². The van der Waals surface area contributed by atoms with Crippen molar-refractivity contribution in [2.75, 3.05) is 5.32 Å². The van der Waals surface area contributed by atoms with Gasteiger partial charge in [0.2, 0.25) is 0 Å². The van der Waals surface area contributed by atoms with Gasteiger partial charge < -0.3 is 14.8 Å². The first-order chi connectivity index (χ1) is 18.0. The minimum atomic E-state index is -0.340. The van der Waals surface area contributed by atoms with Crippen LogP contribution >= 0.6 is 11.6 Å². The summed E-state index contributed by atoms with van der Waals surface area (Å²) in [5.74, 6) is 0.939. The summed E-state index contributed by atoms with van der Waals surface area (Å²) in [6.07, 6.45) is 2.04. The van der Waals surface area contributed by atoms with Gasteiger partial charge in [-0.3, -0.25) is 0 Å². The number of benzene rings is 3. The third kappa shape index (κ3) is 4.09. The predicted octanol–water partition coefficient (Wildman–Crippen LogP) is 7.07. The van der Waals surface area contributed by atoms with Gasteiger partial charge in [0.25, 0.3) is 0 Å². The zero-order chi connectivity index (χ0) is 25.5. The van der Waals surface area contributed by atoms with Crippen LogP contribution in [0.4, 0.5) is 10.5 Å². The number of nitrogens with one attached hydrogen (secondary N) is 1. The normalized spacial score (nSPS) is 14.6. The van der Waals surface area contributed by atoms with Crippen LogP contribution in [0.15, 0.2) is 97.2 Å². The summed E-state index contributed by atoms with van der Waals surface area (Å²) in [6, 6.07) is 29.2. The SMILES string of the molecule is Cc1ccccc1NC(=O)N1Cc2c(C)nn(-c3ccccc3)c2-n2cccc2[C@@H]1c1ccc(Cl)cc1. The van der Waals surface area contributed by atoms with Crippen molar-refractivity contribution in [3.8, 4) is 11.5 Å². The molecule has 0 bridgehead atoms. The molecule has 37 heavy (non-hydrogen) atoms. The van der Waals surface area contributed by atoms with E-state index in [1.165, 1.54) is 0 Å². The average Bonchev–Trinajstić information content (AvgIpc) is 3.47. The molecule has 3 heterocycles. The first kappa shape index (κ1) is 23.1. The van der Waals surface area contributed by atoms with Gasteiger partial charge in [0.15, 0.2) is 0 Å². The lowest BCUT2D eigenvalue weighted by Gasteiger charge is -2.31. The maximum Gasteiger partial charge on any atom is 0.322 e. The molecule has 0 radical (unpaired) electrons. The van der Waals surface area contributed by atoms with Crippen LogP contribution in [0.5, 0.6) is 0 Å². The van der Waals surface area contributed by atoms with E-state index in [4.69, 9.17) is 16.7 Å². The first-order valence-corrected chi connectivity index (χ1v) is 12.6. The zero-order valence-electron chi connectivity index (χ0n) is 20.6. The summed E-state index contributed by atoms with van der Waals surface area (Å²) in [5, 5.41) is 8.71. The lowest BCUT2D eigenvalue weighted by Crippen LogP contribution is -2.38. The van der Waals surface area contributed by atoms with Crippen LogP contribution in [0.2, 0.25) is 5.02 Å². The molecule has 7 heteroatoms. The van der Waals surface area contributed by atoms with Crippen molar-refractivity contribution in [1.82, 2.24) is 19.2 Å². The van der Waals surface area contributed by atoms with E-state index >= 15 is 0 Å². The van der Waals surface area contributed by atoms with Gasteiger partial charge in [-0.1, -0.05) is 60.1 Å². The van der Waals surface area contributed by atoms with Gasteiger partial charge in [-0.2, -0.15) is 5.10 Å². The lowest BCUT2D eigenvalue weighted by atomic mass is 10.0. The zero-order valence-corrected chi connectivity index (χ0v) is 21.4. The number of nitrogens with zero attached hydrogens (tertiary/aromatic N) is 4. The van der Waals surface area contributed by atoms with Crippen molar-refractivity contribution >= 4 is 23.3 Å². The van der Waals surface area contributed by atoms with E-state index in [0.717, 1.165) is 45.3 Å². The molecule has 1 aliphatic heterocycles. The molecule has 3 aromatic carbocycles. The Labute approximate surface area is 220 Å². The Bertz CT molecular complexity index is 1590. The maximum absolute atomic E-state index is 14.0. The number of hydrogen-bond donors (Lipinski definition) is 1. The summed E-state index contributed by atoms with van der Waals surface area (Å²) in [7, 11) is 0. The monoisotopic (exact) mass is 507 g/mol. The molecule has 184 valence electrons. The Morgan fingerprint density at radius 3 is 2.41 bits per heavy atom. The number of rotatable bonds is 3. The molecule has 1 aliphatic rings. The summed E-state index contributed by atoms with van der Waals surface area (Å²) < 4.78 is 4.12. The molecular weight excluding hydrogens is 482 g/mol. The van der Waals surface area contributed by atoms with Gasteiger partial charge in [0, 0.05) is 22.5 Å². The molecule has 2 amide bonds. The van der Waals surface area contributed by atoms with Crippen LogP contribution in [-0.2, 0) is 6.54 Å². The smallest absolute Gasteiger partial charge is 0.308 e. The number of halogens is 1. The Morgan fingerprint density at radius 2 is 1.65 bits per heavy atom. The van der Waals surface area contributed by atoms with Gasteiger partial charge in [-0.05, 0) is 67.4 Å². The number of anilines is 1. The van der Waals surface area contributed by atoms with Crippen molar-refractivity contribution in [3.05, 3.63) is 130 Å². The van der Waals surface area contributed by atoms with Crippen LogP contribution in [0.1, 0.15) is 34.1 Å². The second-order valence-corrected chi connectivity index (χ2v) is 9.70. The van der Waals surface area contributed by atoms with E-state index in [1.54, 1.807) is 0 Å². The minimum Gasteiger partial charge on any atom is -0.308 e. The van der Waals surface area contributed by atoms with E-state index in [2.05, 4.69) is 16.0 Å². The quantitative estimate of drug-likeness (QED) is 0.284. The van der Waals surface area contributed by atoms with Crippen molar-refractivity contribution < 1.29 is 4.79 Å². The van der Waals surface area contributed by atoms with E-state index in [9.17, 15) is 4.79 Å². The number of para-hydroxylation sites is 2. The van der Waals surface area contributed by atoms with E-state index < -0.39 is 0 Å². The van der Waals surface area contributed by atoms with Crippen LogP contribution < -0.4 is 5.32 Å². The highest BCUT2D eigenvalue weighted by atomic mass is 35.5. The second-order valence-electron chi connectivity index (χ2n) is 9.27. The maximum atomic E-state index is 14.0. The number of carbonyl (C=O) groups excluding carboxylic acids is 1. The minimum absolute atomic E-state index is 0.179. The summed E-state index contributed by atoms with van der Waals surface area (Å²) in [5.41, 5.74) is 6.59. The largest absolute Gasteiger partial charge is 0.322 e. The molecule has 0 saturated carbocycles. The number of hydrogen-bond acceptors (Lipinski definition) is 2. The standard InChI is InChI=1S/C30H26ClN5O/c1-20-9-6-7-12-26(20)32-30(37)35-19-25-21(2)33-36(24-10-4-3-5-11-24)29(25)34-18-8-13-27(34)28(35)22-14-16-23(31)17-15-22/h3-18,28H,19H2,1-2H3,(H,32,37)/t28-/m0/s1. The van der Waals surface area contributed by atoms with Gasteiger partial charge in [0.05, 0.1) is 29.7 Å². The van der Waals surface area contributed by atoms with Gasteiger partial charge in [-0.25, -0.2) is 9.48 Å². The van der Waals surface area contributed by atoms with Crippen LogP contribution in [0.3, 0.4) is 0 Å². The molecule has 2 aromatic heterocycles. The molecule has 6 rings (SSSR count). The number of aromatic nitrogens is 3. The fourth-order valence-electron chi connectivity index (χ4n) is 5.05. The molecule has 5 aromatic rings. The van der Waals surface area contributed by atoms with Crippen LogP contribution in [0.25, 0.3) is 11.5 Å². The highest BCUT2D eigenvalue weighted by Crippen LogP contribution is 2.39. The Morgan fingerprint density at radius 1 is 0.919 bits per heavy atom. The molecule has 1 N–H and O–H groups in total. The fraction of sp³-hybridized carbons (Fsp3) is 0.133. The molecule has 0 fully saturated rings. The third-order valence-electron chi connectivity index (χ3n) is 6.92. The molecule has 0 spiro atoms. The van der Waals surface area contributed by atoms with E-state index in [-0.39, 0.29) is 12.1 Å². The van der Waals surface area contributed by atoms with Crippen molar-refractivity contribution in [2.24, 2.45) is 0 Å². The Balaban J connectivity index is 1.54. The number of fused-ring (bicyclic) bond motifs is 3. The number of urea groups is 1. The Hall–Kier alpha value is -4.29. The van der Waals surface area contributed by atoms with Crippen LogP contribution in [0, 0.1) is 13.8 Å². The summed E-state index contributed by atoms with van der Waals surface area (Å²) in [4.78, 5) is 15.9. The number of carbonyl (C=O) groups is 1. The van der Waals surface area contributed by atoms with Crippen molar-refractivity contribution in [1.29, 1.82) is 0 Å². The molecular formula is C30H26ClN5O. The third-order valence-corrected chi connectivity index (χ3v) is 7.17. The second kappa shape index (κ2) is 9.30. The fourth-order valence-corrected chi connectivity index (χ4v) is 5.17. The van der Waals surface area contributed by atoms with Crippen LogP contribution in [-0.4, -0.2) is 25.3 Å². The highest BCUT2D eigenvalue weighted by Gasteiger charge is 2.36. The predicted molar refractivity (Wildman–Crippen MR) is 147 cm³/mol. The highest BCUT2D eigenvalue weighted by molar-refractivity contribution is 6.30. The molecule has 0 saturated heterocycles. The molecule has 0 aliphatic carbocycles. The van der Waals surface area contributed by atoms with Gasteiger partial charge in [0.1, 0.15) is 5.82 Å². The molecule has 0 unspecified atom stereocenters. The summed E-state index contributed by atoms with van der Waals surface area (Å²) >= 11 is 6.24.